The van der Waals surface area contributed by atoms with Gasteiger partial charge < -0.3 is 9.64 Å². The minimum Gasteiger partial charge on any atom is -0.497 e. The van der Waals surface area contributed by atoms with Crippen molar-refractivity contribution in [3.05, 3.63) is 66.0 Å². The van der Waals surface area contributed by atoms with Crippen LogP contribution in [-0.4, -0.2) is 47.0 Å². The van der Waals surface area contributed by atoms with Crippen molar-refractivity contribution >= 4 is 22.5 Å². The zero-order valence-corrected chi connectivity index (χ0v) is 17.8. The molecule has 0 N–H and O–H groups in total. The number of methoxy groups -OCH3 is 1. The number of likely N-dealkylation sites (tertiary alicyclic amines) is 1. The SMILES string of the molecule is COc1ccc(C(=O)C2CCN(C(=O)CCCc3nncc4ccccc34)CC2)cc1. The van der Waals surface area contributed by atoms with Crippen molar-refractivity contribution in [2.45, 2.75) is 32.1 Å². The maximum atomic E-state index is 12.8. The number of carbonyl (C=O) groups is 2. The molecule has 2 aromatic carbocycles. The Labute approximate surface area is 182 Å². The van der Waals surface area contributed by atoms with E-state index in [1.165, 1.54) is 0 Å². The Morgan fingerprint density at radius 1 is 1.06 bits per heavy atom. The summed E-state index contributed by atoms with van der Waals surface area (Å²) in [5.74, 6) is 1.03. The predicted octanol–water partition coefficient (Wildman–Crippen LogP) is 4.08. The Balaban J connectivity index is 1.26. The van der Waals surface area contributed by atoms with E-state index in [0.29, 0.717) is 37.9 Å². The average molecular weight is 418 g/mol. The largest absolute Gasteiger partial charge is 0.497 e. The number of Topliss-reactive ketones (excluding diaryl/α,β-unsaturated/α-hetero) is 1. The molecule has 0 unspecified atom stereocenters. The van der Waals surface area contributed by atoms with Crippen molar-refractivity contribution in [1.82, 2.24) is 15.1 Å². The molecule has 6 nitrogen and oxygen atoms in total. The molecule has 6 heteroatoms. The van der Waals surface area contributed by atoms with E-state index in [9.17, 15) is 9.59 Å². The Kier molecular flexibility index (Phi) is 6.55. The van der Waals surface area contributed by atoms with E-state index >= 15 is 0 Å². The molecule has 2 heterocycles. The molecule has 4 rings (SSSR count). The third-order valence-corrected chi connectivity index (χ3v) is 6.04. The summed E-state index contributed by atoms with van der Waals surface area (Å²) in [7, 11) is 1.61. The van der Waals surface area contributed by atoms with Gasteiger partial charge in [-0.3, -0.25) is 9.59 Å². The second-order valence-electron chi connectivity index (χ2n) is 7.98. The Hall–Kier alpha value is -3.28. The number of aryl methyl sites for hydroxylation is 1. The van der Waals surface area contributed by atoms with Crippen LogP contribution in [0.4, 0.5) is 0 Å². The minimum atomic E-state index is -0.0246. The molecule has 31 heavy (non-hydrogen) atoms. The smallest absolute Gasteiger partial charge is 0.222 e. The summed E-state index contributed by atoms with van der Waals surface area (Å²) in [6, 6.07) is 15.3. The van der Waals surface area contributed by atoms with Crippen molar-refractivity contribution in [2.24, 2.45) is 5.92 Å². The highest BCUT2D eigenvalue weighted by atomic mass is 16.5. The van der Waals surface area contributed by atoms with Crippen LogP contribution in [0.2, 0.25) is 0 Å². The second-order valence-corrected chi connectivity index (χ2v) is 7.98. The van der Waals surface area contributed by atoms with Gasteiger partial charge in [-0.15, -0.1) is 0 Å². The fourth-order valence-corrected chi connectivity index (χ4v) is 4.22. The zero-order valence-electron chi connectivity index (χ0n) is 17.8. The van der Waals surface area contributed by atoms with Gasteiger partial charge in [0, 0.05) is 41.8 Å². The number of nitrogens with zero attached hydrogens (tertiary/aromatic N) is 3. The van der Waals surface area contributed by atoms with Gasteiger partial charge in [-0.25, -0.2) is 0 Å². The molecule has 0 saturated carbocycles. The topological polar surface area (TPSA) is 72.4 Å². The molecule has 0 atom stereocenters. The number of piperidine rings is 1. The quantitative estimate of drug-likeness (QED) is 0.542. The van der Waals surface area contributed by atoms with Crippen LogP contribution in [-0.2, 0) is 11.2 Å². The molecule has 0 aliphatic carbocycles. The molecule has 1 saturated heterocycles. The fourth-order valence-electron chi connectivity index (χ4n) is 4.22. The Morgan fingerprint density at radius 2 is 1.81 bits per heavy atom. The summed E-state index contributed by atoms with van der Waals surface area (Å²) >= 11 is 0. The molecule has 0 radical (unpaired) electrons. The van der Waals surface area contributed by atoms with Crippen molar-refractivity contribution in [3.8, 4) is 5.75 Å². The Bertz CT molecular complexity index is 1050. The van der Waals surface area contributed by atoms with Crippen molar-refractivity contribution < 1.29 is 14.3 Å². The molecule has 3 aromatic rings. The van der Waals surface area contributed by atoms with Crippen LogP contribution in [0.3, 0.4) is 0 Å². The van der Waals surface area contributed by atoms with E-state index in [0.717, 1.165) is 35.1 Å². The lowest BCUT2D eigenvalue weighted by atomic mass is 9.88. The van der Waals surface area contributed by atoms with Gasteiger partial charge >= 0.3 is 0 Å². The lowest BCUT2D eigenvalue weighted by Crippen LogP contribution is -2.40. The number of carbonyl (C=O) groups excluding carboxylic acids is 2. The van der Waals surface area contributed by atoms with Crippen LogP contribution in [0.1, 0.15) is 41.7 Å². The summed E-state index contributed by atoms with van der Waals surface area (Å²) < 4.78 is 5.15. The molecule has 1 aliphatic rings. The molecule has 1 amide bonds. The van der Waals surface area contributed by atoms with Crippen LogP contribution in [0.25, 0.3) is 10.8 Å². The summed E-state index contributed by atoms with van der Waals surface area (Å²) in [5, 5.41) is 10.5. The van der Waals surface area contributed by atoms with Crippen LogP contribution < -0.4 is 4.74 Å². The van der Waals surface area contributed by atoms with Crippen molar-refractivity contribution in [1.29, 1.82) is 0 Å². The zero-order chi connectivity index (χ0) is 21.6. The van der Waals surface area contributed by atoms with Gasteiger partial charge in [0.2, 0.25) is 5.91 Å². The summed E-state index contributed by atoms with van der Waals surface area (Å²) in [6.07, 6.45) is 5.15. The molecule has 160 valence electrons. The van der Waals surface area contributed by atoms with Crippen molar-refractivity contribution in [2.75, 3.05) is 20.2 Å². The van der Waals surface area contributed by atoms with Gasteiger partial charge in [0.15, 0.2) is 5.78 Å². The molecular weight excluding hydrogens is 390 g/mol. The molecule has 1 fully saturated rings. The van der Waals surface area contributed by atoms with Gasteiger partial charge in [0.25, 0.3) is 0 Å². The average Bonchev–Trinajstić information content (AvgIpc) is 2.84. The number of aromatic nitrogens is 2. The fraction of sp³-hybridized carbons (Fsp3) is 0.360. The highest BCUT2D eigenvalue weighted by Crippen LogP contribution is 2.24. The Morgan fingerprint density at radius 3 is 2.55 bits per heavy atom. The maximum Gasteiger partial charge on any atom is 0.222 e. The maximum absolute atomic E-state index is 12.8. The van der Waals surface area contributed by atoms with E-state index in [2.05, 4.69) is 10.2 Å². The summed E-state index contributed by atoms with van der Waals surface area (Å²) in [5.41, 5.74) is 1.65. The number of hydrogen-bond acceptors (Lipinski definition) is 5. The number of ether oxygens (including phenoxy) is 1. The highest BCUT2D eigenvalue weighted by molar-refractivity contribution is 5.98. The number of hydrogen-bond donors (Lipinski definition) is 0. The standard InChI is InChI=1S/C25H27N3O3/c1-31-21-11-9-18(10-12-21)25(30)19-13-15-28(16-14-19)24(29)8-4-7-23-22-6-3-2-5-20(22)17-26-27-23/h2-3,5-6,9-12,17,19H,4,7-8,13-16H2,1H3. The van der Waals surface area contributed by atoms with Crippen LogP contribution >= 0.6 is 0 Å². The predicted molar refractivity (Wildman–Crippen MR) is 119 cm³/mol. The minimum absolute atomic E-state index is 0.0246. The van der Waals surface area contributed by atoms with E-state index in [4.69, 9.17) is 4.74 Å². The van der Waals surface area contributed by atoms with E-state index in [1.807, 2.05) is 53.4 Å². The first-order valence-electron chi connectivity index (χ1n) is 10.8. The van der Waals surface area contributed by atoms with Crippen LogP contribution in [0.5, 0.6) is 5.75 Å². The lowest BCUT2D eigenvalue weighted by molar-refractivity contribution is -0.132. The summed E-state index contributed by atoms with van der Waals surface area (Å²) in [6.45, 7) is 1.28. The normalized spacial score (nSPS) is 14.5. The van der Waals surface area contributed by atoms with E-state index in [-0.39, 0.29) is 17.6 Å². The third-order valence-electron chi connectivity index (χ3n) is 6.04. The monoisotopic (exact) mass is 417 g/mol. The van der Waals surface area contributed by atoms with Crippen molar-refractivity contribution in [3.63, 3.8) is 0 Å². The molecule has 1 aliphatic heterocycles. The first-order chi connectivity index (χ1) is 15.2. The number of fused-ring (bicyclic) bond motifs is 1. The lowest BCUT2D eigenvalue weighted by Gasteiger charge is -2.31. The van der Waals surface area contributed by atoms with Gasteiger partial charge in [-0.1, -0.05) is 24.3 Å². The number of rotatable bonds is 7. The second kappa shape index (κ2) is 9.69. The number of benzene rings is 2. The molecule has 1 aromatic heterocycles. The molecule has 0 bridgehead atoms. The van der Waals surface area contributed by atoms with Gasteiger partial charge in [-0.05, 0) is 49.9 Å². The first-order valence-corrected chi connectivity index (χ1v) is 10.8. The van der Waals surface area contributed by atoms with Gasteiger partial charge in [0.1, 0.15) is 5.75 Å². The number of amides is 1. The van der Waals surface area contributed by atoms with E-state index < -0.39 is 0 Å². The van der Waals surface area contributed by atoms with Gasteiger partial charge in [-0.2, -0.15) is 10.2 Å². The third kappa shape index (κ3) is 4.90. The van der Waals surface area contributed by atoms with Crippen LogP contribution in [0, 0.1) is 5.92 Å². The number of ketones is 1. The van der Waals surface area contributed by atoms with Gasteiger partial charge in [0.05, 0.1) is 19.0 Å². The first kappa shape index (κ1) is 21.0. The van der Waals surface area contributed by atoms with Crippen LogP contribution in [0.15, 0.2) is 54.7 Å². The molecule has 0 spiro atoms. The molecular formula is C25H27N3O3. The highest BCUT2D eigenvalue weighted by Gasteiger charge is 2.27. The van der Waals surface area contributed by atoms with E-state index in [1.54, 1.807) is 13.3 Å². The summed E-state index contributed by atoms with van der Waals surface area (Å²) in [4.78, 5) is 27.3.